The molecule has 1 saturated heterocycles. The SMILES string of the molecule is Clc1ccc([C@H]2C[C@@H](c3ccccc3)CCO2)cc1. The Labute approximate surface area is 119 Å². The van der Waals surface area contributed by atoms with Gasteiger partial charge in [0.15, 0.2) is 0 Å². The minimum absolute atomic E-state index is 0.191. The standard InChI is InChI=1S/C17H17ClO/c18-16-8-6-14(7-9-16)17-12-15(10-11-19-17)13-4-2-1-3-5-13/h1-9,15,17H,10-12H2/t15-,17+/m0/s1. The van der Waals surface area contributed by atoms with Crippen molar-refractivity contribution in [2.45, 2.75) is 24.9 Å². The molecule has 0 saturated carbocycles. The van der Waals surface area contributed by atoms with Gasteiger partial charge in [0.1, 0.15) is 0 Å². The van der Waals surface area contributed by atoms with Gasteiger partial charge < -0.3 is 4.74 Å². The second kappa shape index (κ2) is 5.77. The summed E-state index contributed by atoms with van der Waals surface area (Å²) >= 11 is 5.93. The third-order valence-corrected chi connectivity index (χ3v) is 4.05. The smallest absolute Gasteiger partial charge is 0.0830 e. The molecule has 2 aromatic rings. The number of hydrogen-bond acceptors (Lipinski definition) is 1. The molecule has 0 spiro atoms. The Hall–Kier alpha value is -1.31. The van der Waals surface area contributed by atoms with Crippen molar-refractivity contribution in [2.24, 2.45) is 0 Å². The summed E-state index contributed by atoms with van der Waals surface area (Å²) in [5.74, 6) is 0.593. The summed E-state index contributed by atoms with van der Waals surface area (Å²) < 4.78 is 5.91. The highest BCUT2D eigenvalue weighted by Crippen LogP contribution is 2.37. The van der Waals surface area contributed by atoms with Crippen molar-refractivity contribution in [3.63, 3.8) is 0 Å². The molecule has 0 aromatic heterocycles. The van der Waals surface area contributed by atoms with Crippen LogP contribution in [0.25, 0.3) is 0 Å². The van der Waals surface area contributed by atoms with Gasteiger partial charge in [-0.3, -0.25) is 0 Å². The summed E-state index contributed by atoms with van der Waals surface area (Å²) in [4.78, 5) is 0. The molecule has 98 valence electrons. The average Bonchev–Trinajstić information content (AvgIpc) is 2.49. The Morgan fingerprint density at radius 1 is 0.895 bits per heavy atom. The molecule has 3 rings (SSSR count). The summed E-state index contributed by atoms with van der Waals surface area (Å²) in [6.07, 6.45) is 2.34. The van der Waals surface area contributed by atoms with E-state index in [9.17, 15) is 0 Å². The Morgan fingerprint density at radius 3 is 2.37 bits per heavy atom. The third kappa shape index (κ3) is 2.99. The van der Waals surface area contributed by atoms with E-state index in [2.05, 4.69) is 42.5 Å². The predicted octanol–water partition coefficient (Wildman–Crippen LogP) is 4.98. The van der Waals surface area contributed by atoms with Gasteiger partial charge in [-0.25, -0.2) is 0 Å². The molecule has 0 amide bonds. The van der Waals surface area contributed by atoms with Gasteiger partial charge in [-0.15, -0.1) is 0 Å². The van der Waals surface area contributed by atoms with Gasteiger partial charge in [-0.1, -0.05) is 54.1 Å². The van der Waals surface area contributed by atoms with E-state index in [0.29, 0.717) is 5.92 Å². The highest BCUT2D eigenvalue weighted by atomic mass is 35.5. The van der Waals surface area contributed by atoms with Crippen LogP contribution in [0.5, 0.6) is 0 Å². The number of benzene rings is 2. The van der Waals surface area contributed by atoms with E-state index in [-0.39, 0.29) is 6.10 Å². The molecular formula is C17H17ClO. The van der Waals surface area contributed by atoms with Crippen molar-refractivity contribution in [1.29, 1.82) is 0 Å². The van der Waals surface area contributed by atoms with Crippen molar-refractivity contribution in [3.05, 3.63) is 70.7 Å². The van der Waals surface area contributed by atoms with Crippen LogP contribution in [0.1, 0.15) is 36.0 Å². The van der Waals surface area contributed by atoms with E-state index in [4.69, 9.17) is 16.3 Å². The monoisotopic (exact) mass is 272 g/mol. The Bertz CT molecular complexity index is 521. The van der Waals surface area contributed by atoms with Gasteiger partial charge >= 0.3 is 0 Å². The summed E-state index contributed by atoms with van der Waals surface area (Å²) in [6.45, 7) is 0.826. The summed E-state index contributed by atoms with van der Waals surface area (Å²) in [6, 6.07) is 18.7. The zero-order chi connectivity index (χ0) is 13.1. The first-order valence-electron chi connectivity index (χ1n) is 6.75. The van der Waals surface area contributed by atoms with Crippen molar-refractivity contribution >= 4 is 11.6 Å². The Kier molecular flexibility index (Phi) is 3.86. The molecule has 1 aliphatic heterocycles. The number of hydrogen-bond donors (Lipinski definition) is 0. The molecule has 0 aliphatic carbocycles. The van der Waals surface area contributed by atoms with Gasteiger partial charge in [-0.05, 0) is 42.0 Å². The number of rotatable bonds is 2. The fourth-order valence-corrected chi connectivity index (χ4v) is 2.86. The van der Waals surface area contributed by atoms with Gasteiger partial charge in [0.2, 0.25) is 0 Å². The second-order valence-electron chi connectivity index (χ2n) is 5.04. The zero-order valence-electron chi connectivity index (χ0n) is 10.8. The quantitative estimate of drug-likeness (QED) is 0.749. The molecule has 1 heterocycles. The van der Waals surface area contributed by atoms with E-state index in [0.717, 1.165) is 24.5 Å². The van der Waals surface area contributed by atoms with E-state index in [1.165, 1.54) is 11.1 Å². The first-order chi connectivity index (χ1) is 9.33. The molecule has 2 heteroatoms. The van der Waals surface area contributed by atoms with E-state index >= 15 is 0 Å². The van der Waals surface area contributed by atoms with Crippen molar-refractivity contribution in [1.82, 2.24) is 0 Å². The van der Waals surface area contributed by atoms with Crippen LogP contribution in [0.4, 0.5) is 0 Å². The largest absolute Gasteiger partial charge is 0.373 e. The number of halogens is 1. The van der Waals surface area contributed by atoms with Gasteiger partial charge in [0.25, 0.3) is 0 Å². The second-order valence-corrected chi connectivity index (χ2v) is 5.48. The van der Waals surface area contributed by atoms with Crippen LogP contribution in [0.3, 0.4) is 0 Å². The summed E-state index contributed by atoms with van der Waals surface area (Å²) in [5.41, 5.74) is 2.65. The lowest BCUT2D eigenvalue weighted by molar-refractivity contribution is 0.00527. The molecule has 0 unspecified atom stereocenters. The molecule has 1 fully saturated rings. The van der Waals surface area contributed by atoms with Crippen LogP contribution < -0.4 is 0 Å². The Balaban J connectivity index is 1.76. The normalized spacial score (nSPS) is 23.2. The third-order valence-electron chi connectivity index (χ3n) is 3.80. The molecule has 0 bridgehead atoms. The van der Waals surface area contributed by atoms with Gasteiger partial charge in [0.05, 0.1) is 6.10 Å². The van der Waals surface area contributed by atoms with Crippen LogP contribution in [-0.4, -0.2) is 6.61 Å². The molecule has 19 heavy (non-hydrogen) atoms. The fourth-order valence-electron chi connectivity index (χ4n) is 2.73. The molecule has 0 N–H and O–H groups in total. The van der Waals surface area contributed by atoms with E-state index < -0.39 is 0 Å². The zero-order valence-corrected chi connectivity index (χ0v) is 11.5. The predicted molar refractivity (Wildman–Crippen MR) is 78.6 cm³/mol. The van der Waals surface area contributed by atoms with E-state index in [1.54, 1.807) is 0 Å². The van der Waals surface area contributed by atoms with Crippen LogP contribution in [0.15, 0.2) is 54.6 Å². The summed E-state index contributed by atoms with van der Waals surface area (Å²) in [7, 11) is 0. The molecule has 0 radical (unpaired) electrons. The molecule has 2 aromatic carbocycles. The maximum Gasteiger partial charge on any atom is 0.0830 e. The summed E-state index contributed by atoms with van der Waals surface area (Å²) in [5, 5.41) is 0.777. The fraction of sp³-hybridized carbons (Fsp3) is 0.294. The first-order valence-corrected chi connectivity index (χ1v) is 7.13. The maximum absolute atomic E-state index is 5.93. The minimum Gasteiger partial charge on any atom is -0.373 e. The lowest BCUT2D eigenvalue weighted by atomic mass is 9.86. The van der Waals surface area contributed by atoms with Gasteiger partial charge in [-0.2, -0.15) is 0 Å². The highest BCUT2D eigenvalue weighted by Gasteiger charge is 2.24. The number of ether oxygens (including phenoxy) is 1. The topological polar surface area (TPSA) is 9.23 Å². The lowest BCUT2D eigenvalue weighted by Gasteiger charge is -2.30. The Morgan fingerprint density at radius 2 is 1.63 bits per heavy atom. The molecule has 1 nitrogen and oxygen atoms in total. The van der Waals surface area contributed by atoms with Crippen LogP contribution in [0, 0.1) is 0 Å². The molecule has 2 atom stereocenters. The lowest BCUT2D eigenvalue weighted by Crippen LogP contribution is -2.18. The van der Waals surface area contributed by atoms with E-state index in [1.807, 2.05) is 12.1 Å². The first kappa shape index (κ1) is 12.7. The van der Waals surface area contributed by atoms with Crippen LogP contribution in [-0.2, 0) is 4.74 Å². The van der Waals surface area contributed by atoms with Crippen LogP contribution >= 0.6 is 11.6 Å². The minimum atomic E-state index is 0.191. The van der Waals surface area contributed by atoms with Crippen molar-refractivity contribution in [3.8, 4) is 0 Å². The van der Waals surface area contributed by atoms with Crippen LogP contribution in [0.2, 0.25) is 5.02 Å². The van der Waals surface area contributed by atoms with Gasteiger partial charge in [0, 0.05) is 11.6 Å². The molecular weight excluding hydrogens is 256 g/mol. The average molecular weight is 273 g/mol. The van der Waals surface area contributed by atoms with Crippen molar-refractivity contribution < 1.29 is 4.74 Å². The molecule has 1 aliphatic rings. The van der Waals surface area contributed by atoms with Crippen molar-refractivity contribution in [2.75, 3.05) is 6.61 Å². The maximum atomic E-state index is 5.93. The highest BCUT2D eigenvalue weighted by molar-refractivity contribution is 6.30.